The van der Waals surface area contributed by atoms with E-state index in [1.54, 1.807) is 25.3 Å². The Bertz CT molecular complexity index is 555. The molecule has 0 bridgehead atoms. The van der Waals surface area contributed by atoms with E-state index in [4.69, 9.17) is 0 Å². The van der Waals surface area contributed by atoms with Gasteiger partial charge in [-0.15, -0.1) is 11.3 Å². The van der Waals surface area contributed by atoms with Crippen LogP contribution in [0.25, 0.3) is 0 Å². The van der Waals surface area contributed by atoms with Gasteiger partial charge in [0, 0.05) is 17.6 Å². The van der Waals surface area contributed by atoms with Gasteiger partial charge in [-0.2, -0.15) is 0 Å². The summed E-state index contributed by atoms with van der Waals surface area (Å²) < 4.78 is 0.753. The number of aromatic nitrogens is 1. The van der Waals surface area contributed by atoms with E-state index in [9.17, 15) is 15.2 Å². The van der Waals surface area contributed by atoms with Gasteiger partial charge in [0.05, 0.1) is 15.9 Å². The van der Waals surface area contributed by atoms with Crippen molar-refractivity contribution in [2.75, 3.05) is 0 Å². The Morgan fingerprint density at radius 1 is 1.56 bits per heavy atom. The fraction of sp³-hybridized carbons (Fsp3) is 0.182. The summed E-state index contributed by atoms with van der Waals surface area (Å²) in [7, 11) is 0. The molecule has 0 unspecified atom stereocenters. The maximum absolute atomic E-state index is 11.0. The van der Waals surface area contributed by atoms with Gasteiger partial charge >= 0.3 is 0 Å². The summed E-state index contributed by atoms with van der Waals surface area (Å²) in [4.78, 5) is 15.2. The Kier molecular flexibility index (Phi) is 3.95. The van der Waals surface area contributed by atoms with Crippen LogP contribution in [-0.4, -0.2) is 15.0 Å². The number of aliphatic hydroxyl groups excluding tert-OH is 1. The third kappa shape index (κ3) is 2.87. The number of thiazole rings is 1. The number of hydrogen-bond donors (Lipinski definition) is 1. The zero-order valence-electron chi connectivity index (χ0n) is 9.44. The molecule has 0 spiro atoms. The second-order valence-electron chi connectivity index (χ2n) is 3.56. The van der Waals surface area contributed by atoms with Crippen LogP contribution in [0.15, 0.2) is 39.0 Å². The van der Waals surface area contributed by atoms with Crippen molar-refractivity contribution in [1.29, 1.82) is 0 Å². The summed E-state index contributed by atoms with van der Waals surface area (Å²) in [5, 5.41) is 22.3. The van der Waals surface area contributed by atoms with Crippen LogP contribution in [0.4, 0.5) is 5.69 Å². The monoisotopic (exact) mass is 282 g/mol. The van der Waals surface area contributed by atoms with Gasteiger partial charge in [-0.25, -0.2) is 4.98 Å². The normalized spacial score (nSPS) is 12.3. The van der Waals surface area contributed by atoms with Gasteiger partial charge in [-0.05, 0) is 18.6 Å². The van der Waals surface area contributed by atoms with E-state index in [1.807, 2.05) is 5.38 Å². The molecule has 2 aromatic rings. The highest BCUT2D eigenvalue weighted by atomic mass is 32.2. The standard InChI is InChI=1S/C11H10N2O3S2/c1-7(14)8-2-3-10(9(6-8)13(15)16)18-11-12-4-5-17-11/h2-7,14H,1H3/t7-/m1/s1. The topological polar surface area (TPSA) is 76.3 Å². The molecule has 0 aliphatic carbocycles. The lowest BCUT2D eigenvalue weighted by Crippen LogP contribution is -1.96. The molecule has 18 heavy (non-hydrogen) atoms. The second-order valence-corrected chi connectivity index (χ2v) is 5.74. The first-order valence-corrected chi connectivity index (χ1v) is 6.81. The molecule has 0 radical (unpaired) electrons. The van der Waals surface area contributed by atoms with Crippen molar-refractivity contribution >= 4 is 28.8 Å². The highest BCUT2D eigenvalue weighted by Gasteiger charge is 2.17. The van der Waals surface area contributed by atoms with Gasteiger partial charge in [0.1, 0.15) is 0 Å². The Morgan fingerprint density at radius 2 is 2.33 bits per heavy atom. The maximum Gasteiger partial charge on any atom is 0.283 e. The van der Waals surface area contributed by atoms with E-state index in [0.29, 0.717) is 10.5 Å². The molecule has 1 N–H and O–H groups in total. The van der Waals surface area contributed by atoms with Gasteiger partial charge in [0.25, 0.3) is 5.69 Å². The van der Waals surface area contributed by atoms with Crippen LogP contribution >= 0.6 is 23.1 Å². The van der Waals surface area contributed by atoms with Crippen LogP contribution in [0.5, 0.6) is 0 Å². The van der Waals surface area contributed by atoms with Gasteiger partial charge < -0.3 is 5.11 Å². The van der Waals surface area contributed by atoms with E-state index in [2.05, 4.69) is 4.98 Å². The smallest absolute Gasteiger partial charge is 0.283 e. The highest BCUT2D eigenvalue weighted by Crippen LogP contribution is 2.36. The van der Waals surface area contributed by atoms with Crippen LogP contribution in [0.1, 0.15) is 18.6 Å². The molecule has 0 amide bonds. The Balaban J connectivity index is 2.37. The zero-order chi connectivity index (χ0) is 13.1. The summed E-state index contributed by atoms with van der Waals surface area (Å²) >= 11 is 2.68. The van der Waals surface area contributed by atoms with Crippen LogP contribution in [0, 0.1) is 10.1 Å². The third-order valence-electron chi connectivity index (χ3n) is 2.27. The predicted octanol–water partition coefficient (Wildman–Crippen LogP) is 3.26. The molecule has 1 aromatic heterocycles. The highest BCUT2D eigenvalue weighted by molar-refractivity contribution is 8.01. The van der Waals surface area contributed by atoms with Crippen molar-refractivity contribution in [3.05, 3.63) is 45.5 Å². The number of benzene rings is 1. The van der Waals surface area contributed by atoms with Gasteiger partial charge in [-0.3, -0.25) is 10.1 Å². The minimum absolute atomic E-state index is 0.00593. The van der Waals surface area contributed by atoms with Crippen molar-refractivity contribution in [3.8, 4) is 0 Å². The maximum atomic E-state index is 11.0. The third-order valence-corrected chi connectivity index (χ3v) is 4.22. The summed E-state index contributed by atoms with van der Waals surface area (Å²) in [6.45, 7) is 1.58. The molecule has 2 rings (SSSR count). The summed E-state index contributed by atoms with van der Waals surface area (Å²) in [6, 6.07) is 4.74. The van der Waals surface area contributed by atoms with Crippen molar-refractivity contribution in [2.45, 2.75) is 22.3 Å². The summed E-state index contributed by atoms with van der Waals surface area (Å²) in [6.07, 6.45) is 0.936. The molecule has 1 aromatic carbocycles. The lowest BCUT2D eigenvalue weighted by Gasteiger charge is -2.06. The number of aliphatic hydroxyl groups is 1. The average molecular weight is 282 g/mol. The van der Waals surface area contributed by atoms with Crippen molar-refractivity contribution in [1.82, 2.24) is 4.98 Å². The largest absolute Gasteiger partial charge is 0.389 e. The number of nitro groups is 1. The van der Waals surface area contributed by atoms with Crippen LogP contribution in [-0.2, 0) is 0 Å². The molecule has 5 nitrogen and oxygen atoms in total. The van der Waals surface area contributed by atoms with Crippen LogP contribution < -0.4 is 0 Å². The van der Waals surface area contributed by atoms with E-state index in [-0.39, 0.29) is 5.69 Å². The first-order chi connectivity index (χ1) is 8.58. The van der Waals surface area contributed by atoms with Crippen molar-refractivity contribution < 1.29 is 10.0 Å². The number of hydrogen-bond acceptors (Lipinski definition) is 6. The molecular weight excluding hydrogens is 272 g/mol. The minimum Gasteiger partial charge on any atom is -0.389 e. The second kappa shape index (κ2) is 5.47. The molecule has 7 heteroatoms. The Morgan fingerprint density at radius 3 is 2.89 bits per heavy atom. The van der Waals surface area contributed by atoms with Gasteiger partial charge in [0.2, 0.25) is 0 Å². The van der Waals surface area contributed by atoms with E-state index >= 15 is 0 Å². The molecule has 0 aliphatic heterocycles. The number of nitrogens with zero attached hydrogens (tertiary/aromatic N) is 2. The van der Waals surface area contributed by atoms with Gasteiger partial charge in [0.15, 0.2) is 4.34 Å². The Hall–Kier alpha value is -1.44. The van der Waals surface area contributed by atoms with Crippen molar-refractivity contribution in [3.63, 3.8) is 0 Å². The molecule has 1 heterocycles. The first kappa shape index (κ1) is 13.0. The average Bonchev–Trinajstić information content (AvgIpc) is 2.81. The molecule has 0 aliphatic rings. The molecule has 0 saturated heterocycles. The molecule has 1 atom stereocenters. The fourth-order valence-electron chi connectivity index (χ4n) is 1.38. The summed E-state index contributed by atoms with van der Waals surface area (Å²) in [5.74, 6) is 0. The number of nitro benzene ring substituents is 1. The molecule has 0 saturated carbocycles. The molecule has 94 valence electrons. The van der Waals surface area contributed by atoms with Crippen molar-refractivity contribution in [2.24, 2.45) is 0 Å². The lowest BCUT2D eigenvalue weighted by atomic mass is 10.1. The first-order valence-electron chi connectivity index (χ1n) is 5.11. The van der Waals surface area contributed by atoms with Crippen LogP contribution in [0.3, 0.4) is 0 Å². The quantitative estimate of drug-likeness (QED) is 0.688. The number of rotatable bonds is 4. The predicted molar refractivity (Wildman–Crippen MR) is 70.0 cm³/mol. The summed E-state index contributed by atoms with van der Waals surface area (Å²) in [5.41, 5.74) is 0.527. The van der Waals surface area contributed by atoms with Crippen LogP contribution in [0.2, 0.25) is 0 Å². The SMILES string of the molecule is C[C@@H](O)c1ccc(Sc2nccs2)c([N+](=O)[O-])c1. The van der Waals surface area contributed by atoms with E-state index < -0.39 is 11.0 Å². The molecular formula is C11H10N2O3S2. The molecule has 0 fully saturated rings. The minimum atomic E-state index is -0.720. The fourth-order valence-corrected chi connectivity index (χ4v) is 3.04. The van der Waals surface area contributed by atoms with E-state index in [1.165, 1.54) is 29.2 Å². The Labute approximate surface area is 112 Å². The van der Waals surface area contributed by atoms with Gasteiger partial charge in [-0.1, -0.05) is 17.8 Å². The van der Waals surface area contributed by atoms with E-state index in [0.717, 1.165) is 4.34 Å². The lowest BCUT2D eigenvalue weighted by molar-refractivity contribution is -0.387. The zero-order valence-corrected chi connectivity index (χ0v) is 11.1.